The van der Waals surface area contributed by atoms with Crippen molar-refractivity contribution in [2.75, 3.05) is 5.32 Å². The van der Waals surface area contributed by atoms with Gasteiger partial charge in [0.15, 0.2) is 10.9 Å². The summed E-state index contributed by atoms with van der Waals surface area (Å²) in [5, 5.41) is 3.27. The highest BCUT2D eigenvalue weighted by Crippen LogP contribution is 2.45. The van der Waals surface area contributed by atoms with Gasteiger partial charge in [0.25, 0.3) is 0 Å². The van der Waals surface area contributed by atoms with Gasteiger partial charge in [-0.25, -0.2) is 9.37 Å². The Balaban J connectivity index is 1.65. The lowest BCUT2D eigenvalue weighted by molar-refractivity contribution is -0.124. The Labute approximate surface area is 166 Å². The van der Waals surface area contributed by atoms with Crippen molar-refractivity contribution in [1.82, 2.24) is 4.98 Å². The number of rotatable bonds is 5. The molecule has 4 rings (SSSR count). The van der Waals surface area contributed by atoms with Gasteiger partial charge in [0.05, 0.1) is 16.0 Å². The third-order valence-electron chi connectivity index (χ3n) is 5.23. The monoisotopic (exact) mass is 394 g/mol. The predicted octanol–water partition coefficient (Wildman–Crippen LogP) is 5.21. The molecule has 0 unspecified atom stereocenters. The number of ketones is 1. The molecule has 1 fully saturated rings. The molecule has 1 amide bonds. The van der Waals surface area contributed by atoms with Crippen LogP contribution in [0.2, 0.25) is 0 Å². The fourth-order valence-corrected chi connectivity index (χ4v) is 4.46. The van der Waals surface area contributed by atoms with E-state index in [4.69, 9.17) is 0 Å². The largest absolute Gasteiger partial charge is 0.301 e. The number of carbonyl (C=O) groups is 2. The first-order valence-electron chi connectivity index (χ1n) is 9.14. The summed E-state index contributed by atoms with van der Waals surface area (Å²) in [4.78, 5) is 30.2. The van der Waals surface area contributed by atoms with Crippen LogP contribution in [0.3, 0.4) is 0 Å². The Kier molecular flexibility index (Phi) is 4.81. The average Bonchev–Trinajstić information content (AvgIpc) is 3.06. The van der Waals surface area contributed by atoms with Crippen LogP contribution in [0.5, 0.6) is 0 Å². The molecular weight excluding hydrogens is 375 g/mol. The number of hydrogen-bond acceptors (Lipinski definition) is 4. The van der Waals surface area contributed by atoms with Crippen molar-refractivity contribution in [3.63, 3.8) is 0 Å². The van der Waals surface area contributed by atoms with Crippen molar-refractivity contribution in [1.29, 1.82) is 0 Å². The normalized spacial score (nSPS) is 14.9. The lowest BCUT2D eigenvalue weighted by atomic mass is 9.64. The Bertz CT molecular complexity index is 1040. The second-order valence-corrected chi connectivity index (χ2v) is 8.02. The molecule has 1 aromatic heterocycles. The van der Waals surface area contributed by atoms with Crippen LogP contribution in [0.1, 0.15) is 41.4 Å². The second-order valence-electron chi connectivity index (χ2n) is 7.02. The third kappa shape index (κ3) is 3.24. The molecule has 3 aromatic rings. The molecule has 0 bridgehead atoms. The highest BCUT2D eigenvalue weighted by atomic mass is 32.1. The number of halogens is 1. The lowest BCUT2D eigenvalue weighted by Crippen LogP contribution is -2.46. The Morgan fingerprint density at radius 2 is 1.86 bits per heavy atom. The molecule has 2 aromatic carbocycles. The fraction of sp³-hybridized carbons (Fsp3) is 0.227. The van der Waals surface area contributed by atoms with Crippen LogP contribution < -0.4 is 5.32 Å². The summed E-state index contributed by atoms with van der Waals surface area (Å²) in [6.07, 6.45) is 2.24. The zero-order valence-electron chi connectivity index (χ0n) is 15.4. The standard InChI is InChI=1S/C22H19FN2O2S/c1-14(26)19-18(15-7-3-2-4-8-15)24-21(28-19)25-20(27)22(11-6-12-22)16-9-5-10-17(23)13-16/h2-5,7-10,13H,6,11-12H2,1H3,(H,24,25,27). The van der Waals surface area contributed by atoms with Crippen LogP contribution in [0.15, 0.2) is 54.6 Å². The number of carbonyl (C=O) groups excluding carboxylic acids is 2. The molecule has 0 spiro atoms. The van der Waals surface area contributed by atoms with E-state index in [1.54, 1.807) is 12.1 Å². The minimum absolute atomic E-state index is 0.0969. The first-order chi connectivity index (χ1) is 13.5. The minimum atomic E-state index is -0.739. The summed E-state index contributed by atoms with van der Waals surface area (Å²) in [6, 6.07) is 15.6. The maximum absolute atomic E-state index is 13.7. The number of aromatic nitrogens is 1. The van der Waals surface area contributed by atoms with Gasteiger partial charge in [-0.15, -0.1) is 0 Å². The van der Waals surface area contributed by atoms with Crippen LogP contribution in [-0.4, -0.2) is 16.7 Å². The zero-order valence-corrected chi connectivity index (χ0v) is 16.2. The summed E-state index contributed by atoms with van der Waals surface area (Å²) in [7, 11) is 0. The average molecular weight is 394 g/mol. The van der Waals surface area contributed by atoms with Crippen LogP contribution in [0, 0.1) is 5.82 Å². The zero-order chi connectivity index (χ0) is 19.7. The van der Waals surface area contributed by atoms with Crippen molar-refractivity contribution in [3.05, 3.63) is 70.9 Å². The van der Waals surface area contributed by atoms with E-state index >= 15 is 0 Å². The second kappa shape index (κ2) is 7.28. The van der Waals surface area contributed by atoms with Crippen molar-refractivity contribution < 1.29 is 14.0 Å². The minimum Gasteiger partial charge on any atom is -0.301 e. The maximum atomic E-state index is 13.7. The first-order valence-corrected chi connectivity index (χ1v) is 9.96. The topological polar surface area (TPSA) is 59.1 Å². The van der Waals surface area contributed by atoms with E-state index in [1.807, 2.05) is 30.3 Å². The summed E-state index contributed by atoms with van der Waals surface area (Å²) in [5.41, 5.74) is 1.34. The number of anilines is 1. The number of amides is 1. The number of hydrogen-bond donors (Lipinski definition) is 1. The lowest BCUT2D eigenvalue weighted by Gasteiger charge is -2.40. The van der Waals surface area contributed by atoms with Crippen molar-refractivity contribution in [3.8, 4) is 11.3 Å². The molecule has 1 heterocycles. The summed E-state index contributed by atoms with van der Waals surface area (Å²) < 4.78 is 13.7. The van der Waals surface area contributed by atoms with E-state index in [9.17, 15) is 14.0 Å². The van der Waals surface area contributed by atoms with Crippen molar-refractivity contribution in [2.24, 2.45) is 0 Å². The number of benzene rings is 2. The van der Waals surface area contributed by atoms with Gasteiger partial charge in [0, 0.05) is 12.5 Å². The smallest absolute Gasteiger partial charge is 0.236 e. The maximum Gasteiger partial charge on any atom is 0.236 e. The van der Waals surface area contributed by atoms with Gasteiger partial charge in [-0.2, -0.15) is 0 Å². The number of nitrogens with one attached hydrogen (secondary N) is 1. The Morgan fingerprint density at radius 1 is 1.11 bits per heavy atom. The van der Waals surface area contributed by atoms with Crippen molar-refractivity contribution in [2.45, 2.75) is 31.6 Å². The number of thiazole rings is 1. The summed E-state index contributed by atoms with van der Waals surface area (Å²) >= 11 is 1.17. The van der Waals surface area contributed by atoms with E-state index in [1.165, 1.54) is 30.4 Å². The van der Waals surface area contributed by atoms with Gasteiger partial charge in [-0.1, -0.05) is 60.2 Å². The molecule has 28 heavy (non-hydrogen) atoms. The van der Waals surface area contributed by atoms with Gasteiger partial charge in [-0.3, -0.25) is 9.59 Å². The summed E-state index contributed by atoms with van der Waals surface area (Å²) in [5.74, 6) is -0.649. The van der Waals surface area contributed by atoms with E-state index in [2.05, 4.69) is 10.3 Å². The van der Waals surface area contributed by atoms with E-state index in [-0.39, 0.29) is 17.5 Å². The molecule has 0 aliphatic heterocycles. The van der Waals surface area contributed by atoms with Gasteiger partial charge in [0.2, 0.25) is 5.91 Å². The molecule has 142 valence electrons. The Morgan fingerprint density at radius 3 is 2.46 bits per heavy atom. The van der Waals surface area contributed by atoms with Crippen molar-refractivity contribution >= 4 is 28.2 Å². The molecule has 0 atom stereocenters. The van der Waals surface area contributed by atoms with Gasteiger partial charge in [0.1, 0.15) is 5.82 Å². The quantitative estimate of drug-likeness (QED) is 0.604. The third-order valence-corrected chi connectivity index (χ3v) is 6.31. The van der Waals surface area contributed by atoms with Crippen LogP contribution in [0.25, 0.3) is 11.3 Å². The molecule has 1 N–H and O–H groups in total. The molecule has 1 aliphatic rings. The van der Waals surface area contributed by atoms with Gasteiger partial charge >= 0.3 is 0 Å². The first kappa shape index (κ1) is 18.5. The number of Topliss-reactive ketones (excluding diaryl/α,β-unsaturated/α-hetero) is 1. The van der Waals surface area contributed by atoms with Crippen LogP contribution in [0.4, 0.5) is 9.52 Å². The molecular formula is C22H19FN2O2S. The van der Waals surface area contributed by atoms with Crippen LogP contribution >= 0.6 is 11.3 Å². The summed E-state index contributed by atoms with van der Waals surface area (Å²) in [6.45, 7) is 1.49. The Hall–Kier alpha value is -2.86. The van der Waals surface area contributed by atoms with Gasteiger partial charge < -0.3 is 5.32 Å². The highest BCUT2D eigenvalue weighted by molar-refractivity contribution is 7.18. The molecule has 0 radical (unpaired) electrons. The molecule has 1 saturated carbocycles. The van der Waals surface area contributed by atoms with E-state index < -0.39 is 5.41 Å². The van der Waals surface area contributed by atoms with Gasteiger partial charge in [-0.05, 0) is 30.5 Å². The van der Waals surface area contributed by atoms with E-state index in [0.29, 0.717) is 34.1 Å². The van der Waals surface area contributed by atoms with Crippen LogP contribution in [-0.2, 0) is 10.2 Å². The predicted molar refractivity (Wildman–Crippen MR) is 108 cm³/mol. The highest BCUT2D eigenvalue weighted by Gasteiger charge is 2.46. The molecule has 1 aliphatic carbocycles. The molecule has 0 saturated heterocycles. The fourth-order valence-electron chi connectivity index (χ4n) is 3.58. The SMILES string of the molecule is CC(=O)c1sc(NC(=O)C2(c3cccc(F)c3)CCC2)nc1-c1ccccc1. The number of nitrogens with zero attached hydrogens (tertiary/aromatic N) is 1. The molecule has 6 heteroatoms. The van der Waals surface area contributed by atoms with E-state index in [0.717, 1.165) is 12.0 Å². The molecule has 4 nitrogen and oxygen atoms in total.